The molecule has 41 valence electrons. The first-order valence-electron chi connectivity index (χ1n) is 0.894. The zero-order chi connectivity index (χ0) is 4.50. The van der Waals surface area contributed by atoms with Crippen molar-refractivity contribution in [3.8, 4) is 0 Å². The summed E-state index contributed by atoms with van der Waals surface area (Å²) in [5, 5.41) is 0. The fourth-order valence-corrected chi connectivity index (χ4v) is 0. The third-order valence-corrected chi connectivity index (χ3v) is 0. The van der Waals surface area contributed by atoms with Crippen molar-refractivity contribution in [1.29, 1.82) is 0 Å². The standard InChI is InChI=1S/Nb.4H2O.Ti.Zr/h;4*1H2;;/q;;;;;+4;/p-4. The Labute approximate surface area is 80.5 Å². The van der Waals surface area contributed by atoms with Gasteiger partial charge < -0.3 is 0 Å². The molecule has 0 fully saturated rings. The minimum Gasteiger partial charge on any atom is 0 e. The largest absolute Gasteiger partial charge is 0 e. The van der Waals surface area contributed by atoms with Crippen LogP contribution in [0.15, 0.2) is 0 Å². The van der Waals surface area contributed by atoms with Crippen molar-refractivity contribution in [3.05, 3.63) is 0 Å². The molecule has 0 aromatic heterocycles. The van der Waals surface area contributed by atoms with Crippen molar-refractivity contribution < 1.29 is 81.5 Å². The van der Waals surface area contributed by atoms with E-state index in [-0.39, 0.29) is 48.6 Å². The molecular weight excluding hydrogens is 296 g/mol. The van der Waals surface area contributed by atoms with Gasteiger partial charge >= 0.3 is 32.9 Å². The van der Waals surface area contributed by atoms with Crippen LogP contribution >= 0.6 is 0 Å². The number of hydrogen-bond acceptors (Lipinski definition) is 4. The molecule has 0 amide bonds. The Morgan fingerprint density at radius 2 is 0.857 bits per heavy atom. The van der Waals surface area contributed by atoms with Gasteiger partial charge in [-0.15, -0.1) is 0 Å². The van der Waals surface area contributed by atoms with Crippen molar-refractivity contribution in [2.75, 3.05) is 0 Å². The Hall–Kier alpha value is 2.18. The molecule has 1 radical (unpaired) electrons. The molecule has 0 bridgehead atoms. The Bertz CT molecular complexity index is 27.2. The van der Waals surface area contributed by atoms with Gasteiger partial charge in [-0.1, -0.05) is 0 Å². The second kappa shape index (κ2) is 6.30. The second-order valence-electron chi connectivity index (χ2n) is 0.600. The predicted octanol–water partition coefficient (Wildman–Crippen LogP) is -2.24. The van der Waals surface area contributed by atoms with Crippen LogP contribution in [0, 0.1) is 0 Å². The summed E-state index contributed by atoms with van der Waals surface area (Å²) in [7, 11) is 0. The molecule has 0 heterocycles. The van der Waals surface area contributed by atoms with Crippen LogP contribution in [-0.2, 0) is 66.7 Å². The minimum atomic E-state index is -5.00. The minimum absolute atomic E-state index is 0. The van der Waals surface area contributed by atoms with Crippen molar-refractivity contribution in [2.24, 2.45) is 0 Å². The van der Waals surface area contributed by atoms with Gasteiger partial charge in [0.25, 0.3) is 0 Å². The summed E-state index contributed by atoms with van der Waals surface area (Å²) in [4.78, 5) is 0. The van der Waals surface area contributed by atoms with Gasteiger partial charge in [-0.25, -0.2) is 0 Å². The smallest absolute Gasteiger partial charge is 0 e. The normalized spacial score (nSPS) is 8.57. The fraction of sp³-hybridized carbons (Fsp3) is 0. The van der Waals surface area contributed by atoms with Crippen LogP contribution in [0.2, 0.25) is 0 Å². The van der Waals surface area contributed by atoms with Gasteiger partial charge in [0.1, 0.15) is 0 Å². The van der Waals surface area contributed by atoms with Gasteiger partial charge in [-0.05, 0) is 0 Å². The van der Waals surface area contributed by atoms with Crippen LogP contribution in [0.4, 0.5) is 0 Å². The topological polar surface area (TPSA) is 80.9 Å². The zero-order valence-electron chi connectivity index (χ0n) is 3.24. The van der Waals surface area contributed by atoms with Crippen molar-refractivity contribution in [1.82, 2.24) is 0 Å². The van der Waals surface area contributed by atoms with E-state index in [2.05, 4.69) is 0 Å². The molecule has 0 aliphatic rings. The summed E-state index contributed by atoms with van der Waals surface area (Å²) in [6.45, 7) is 0. The maximum atomic E-state index is 7.38. The van der Waals surface area contributed by atoms with Crippen LogP contribution in [0.25, 0.3) is 0 Å². The fourth-order valence-electron chi connectivity index (χ4n) is 0. The predicted molar refractivity (Wildman–Crippen MR) is 8.88 cm³/mol. The second-order valence-corrected chi connectivity index (χ2v) is 2.47. The monoisotopic (exact) mass is 299 g/mol. The van der Waals surface area contributed by atoms with E-state index < -0.39 is 18.1 Å². The van der Waals surface area contributed by atoms with Gasteiger partial charge in [0.15, 0.2) is 0 Å². The van der Waals surface area contributed by atoms with E-state index in [1.807, 2.05) is 0 Å². The summed E-state index contributed by atoms with van der Waals surface area (Å²) < 4.78 is 29.5. The maximum absolute atomic E-state index is 7.38. The molecule has 0 aromatic rings. The van der Waals surface area contributed by atoms with Crippen LogP contribution < -0.4 is 0 Å². The molecule has 0 aliphatic heterocycles. The summed E-state index contributed by atoms with van der Waals surface area (Å²) in [6.07, 6.45) is 0. The van der Waals surface area contributed by atoms with E-state index in [1.54, 1.807) is 0 Å². The van der Waals surface area contributed by atoms with Gasteiger partial charge in [-0.2, -0.15) is 0 Å². The molecule has 0 spiro atoms. The summed E-state index contributed by atoms with van der Waals surface area (Å²) in [5.41, 5.74) is 0. The third-order valence-electron chi connectivity index (χ3n) is 0. The van der Waals surface area contributed by atoms with E-state index in [9.17, 15) is 0 Å². The third kappa shape index (κ3) is 65.8. The molecule has 7 heteroatoms. The van der Waals surface area contributed by atoms with Crippen LogP contribution in [0.5, 0.6) is 0 Å². The Morgan fingerprint density at radius 3 is 0.857 bits per heavy atom. The average molecular weight is 300 g/mol. The zero-order valence-corrected chi connectivity index (χ0v) is 9.45. The quantitative estimate of drug-likeness (QED) is 0.382. The van der Waals surface area contributed by atoms with E-state index >= 15 is 0 Å². The van der Waals surface area contributed by atoms with E-state index in [0.717, 1.165) is 0 Å². The molecule has 4 N–H and O–H groups in total. The molecule has 4 nitrogen and oxygen atoms in total. The van der Waals surface area contributed by atoms with Crippen molar-refractivity contribution in [2.45, 2.75) is 0 Å². The maximum Gasteiger partial charge on any atom is 0 e. The molecule has 0 rings (SSSR count). The first-order chi connectivity index (χ1) is 2.00. The molecule has 7 heavy (non-hydrogen) atoms. The van der Waals surface area contributed by atoms with Crippen molar-refractivity contribution >= 4 is 0 Å². The Kier molecular flexibility index (Phi) is 14.5. The first kappa shape index (κ1) is 16.1. The average Bonchev–Trinajstić information content (AvgIpc) is 0.722. The van der Waals surface area contributed by atoms with Gasteiger partial charge in [-0.3, -0.25) is 0 Å². The van der Waals surface area contributed by atoms with E-state index in [0.29, 0.717) is 0 Å². The molecule has 0 aromatic carbocycles. The first-order valence-corrected chi connectivity index (χ1v) is 3.69. The summed E-state index contributed by atoms with van der Waals surface area (Å²) >= 11 is -5.00. The molecule has 0 saturated carbocycles. The Morgan fingerprint density at radius 1 is 0.857 bits per heavy atom. The summed E-state index contributed by atoms with van der Waals surface area (Å²) in [6, 6.07) is 0. The molecule has 0 atom stereocenters. The molecule has 0 aliphatic carbocycles. The molecular formula is H4NbO4TiZr. The molecule has 0 unspecified atom stereocenters. The number of rotatable bonds is 0. The molecule has 0 saturated heterocycles. The van der Waals surface area contributed by atoms with Crippen LogP contribution in [0.3, 0.4) is 0 Å². The van der Waals surface area contributed by atoms with E-state index in [4.69, 9.17) is 14.8 Å². The SMILES string of the molecule is [Nb].[OH][Ti]([OH])([OH])[OH].[Zr]. The van der Waals surface area contributed by atoms with Crippen LogP contribution in [0.1, 0.15) is 0 Å². The van der Waals surface area contributed by atoms with Crippen molar-refractivity contribution in [3.63, 3.8) is 0 Å². The van der Waals surface area contributed by atoms with Gasteiger partial charge in [0.2, 0.25) is 0 Å². The summed E-state index contributed by atoms with van der Waals surface area (Å²) in [5.74, 6) is 0. The van der Waals surface area contributed by atoms with E-state index in [1.165, 1.54) is 0 Å². The van der Waals surface area contributed by atoms with Gasteiger partial charge in [0.05, 0.1) is 0 Å². The van der Waals surface area contributed by atoms with Gasteiger partial charge in [0, 0.05) is 48.6 Å². The number of hydrogen-bond donors (Lipinski definition) is 4. The Balaban J connectivity index is -0.0000000800. The van der Waals surface area contributed by atoms with Crippen LogP contribution in [-0.4, -0.2) is 14.8 Å².